The third-order valence-electron chi connectivity index (χ3n) is 5.40. The number of anilines is 1. The molecule has 0 aliphatic carbocycles. The average Bonchev–Trinajstić information content (AvgIpc) is 2.95. The summed E-state index contributed by atoms with van der Waals surface area (Å²) >= 11 is 0. The molecule has 1 aliphatic rings. The van der Waals surface area contributed by atoms with Crippen molar-refractivity contribution in [3.8, 4) is 0 Å². The number of halogens is 1. The van der Waals surface area contributed by atoms with Crippen molar-refractivity contribution >= 4 is 11.7 Å². The third-order valence-corrected chi connectivity index (χ3v) is 5.40. The second kappa shape index (κ2) is 9.81. The molecule has 156 valence electrons. The van der Waals surface area contributed by atoms with Crippen molar-refractivity contribution < 1.29 is 9.18 Å². The Morgan fingerprint density at radius 1 is 1.14 bits per heavy atom. The van der Waals surface area contributed by atoms with Crippen LogP contribution in [0.3, 0.4) is 0 Å². The van der Waals surface area contributed by atoms with E-state index in [1.807, 2.05) is 24.8 Å². The SMILES string of the molecule is CCCC(=O)N1CCCN(c2nc(C)nc(CC)c2Cc2cccc(F)c2)CC1. The van der Waals surface area contributed by atoms with Gasteiger partial charge in [0, 0.05) is 50.3 Å². The van der Waals surface area contributed by atoms with Gasteiger partial charge in [0.25, 0.3) is 0 Å². The van der Waals surface area contributed by atoms with E-state index < -0.39 is 0 Å². The highest BCUT2D eigenvalue weighted by molar-refractivity contribution is 5.76. The van der Waals surface area contributed by atoms with Crippen molar-refractivity contribution in [2.75, 3.05) is 31.1 Å². The quantitative estimate of drug-likeness (QED) is 0.740. The number of carbonyl (C=O) groups excluding carboxylic acids is 1. The molecule has 1 saturated heterocycles. The molecule has 0 saturated carbocycles. The lowest BCUT2D eigenvalue weighted by Gasteiger charge is -2.26. The topological polar surface area (TPSA) is 49.3 Å². The van der Waals surface area contributed by atoms with Crippen molar-refractivity contribution in [3.63, 3.8) is 0 Å². The normalized spacial score (nSPS) is 14.8. The van der Waals surface area contributed by atoms with Crippen LogP contribution in [0.1, 0.15) is 55.8 Å². The molecule has 2 aromatic rings. The van der Waals surface area contributed by atoms with Gasteiger partial charge < -0.3 is 9.80 Å². The standard InChI is InChI=1S/C23H31FN4O/c1-4-8-22(29)27-11-7-12-28(14-13-27)23-20(21(5-2)25-17(3)26-23)16-18-9-6-10-19(24)15-18/h6,9-10,15H,4-5,7-8,11-14,16H2,1-3H3. The van der Waals surface area contributed by atoms with E-state index in [0.717, 1.165) is 67.4 Å². The highest BCUT2D eigenvalue weighted by Gasteiger charge is 2.23. The second-order valence-corrected chi connectivity index (χ2v) is 7.65. The summed E-state index contributed by atoms with van der Waals surface area (Å²) in [6, 6.07) is 6.73. The van der Waals surface area contributed by atoms with Crippen LogP contribution in [0.5, 0.6) is 0 Å². The molecular weight excluding hydrogens is 367 g/mol. The van der Waals surface area contributed by atoms with E-state index in [1.165, 1.54) is 6.07 Å². The van der Waals surface area contributed by atoms with Crippen LogP contribution in [0.2, 0.25) is 0 Å². The molecule has 29 heavy (non-hydrogen) atoms. The number of amides is 1. The first-order valence-electron chi connectivity index (χ1n) is 10.6. The maximum absolute atomic E-state index is 13.7. The fraction of sp³-hybridized carbons (Fsp3) is 0.522. The number of aromatic nitrogens is 2. The molecule has 1 aromatic heterocycles. The fourth-order valence-corrected chi connectivity index (χ4v) is 3.97. The summed E-state index contributed by atoms with van der Waals surface area (Å²) in [5.74, 6) is 1.70. The van der Waals surface area contributed by atoms with Gasteiger partial charge in [-0.3, -0.25) is 4.79 Å². The maximum Gasteiger partial charge on any atom is 0.222 e. The van der Waals surface area contributed by atoms with E-state index in [-0.39, 0.29) is 11.7 Å². The van der Waals surface area contributed by atoms with Gasteiger partial charge in [-0.1, -0.05) is 26.0 Å². The van der Waals surface area contributed by atoms with E-state index in [9.17, 15) is 9.18 Å². The summed E-state index contributed by atoms with van der Waals surface area (Å²) in [4.78, 5) is 26.0. The largest absolute Gasteiger partial charge is 0.354 e. The van der Waals surface area contributed by atoms with Crippen molar-refractivity contribution in [3.05, 3.63) is 52.7 Å². The summed E-state index contributed by atoms with van der Waals surface area (Å²) in [6.45, 7) is 9.16. The van der Waals surface area contributed by atoms with Gasteiger partial charge in [-0.25, -0.2) is 14.4 Å². The minimum Gasteiger partial charge on any atom is -0.354 e. The fourth-order valence-electron chi connectivity index (χ4n) is 3.97. The number of benzene rings is 1. The molecule has 0 N–H and O–H groups in total. The van der Waals surface area contributed by atoms with E-state index in [1.54, 1.807) is 12.1 Å². The number of rotatable bonds is 6. The molecule has 5 nitrogen and oxygen atoms in total. The molecule has 6 heteroatoms. The summed E-state index contributed by atoms with van der Waals surface area (Å²) in [5, 5.41) is 0. The number of aryl methyl sites for hydroxylation is 2. The van der Waals surface area contributed by atoms with Gasteiger partial charge in [0.1, 0.15) is 17.5 Å². The van der Waals surface area contributed by atoms with Gasteiger partial charge in [0.05, 0.1) is 0 Å². The zero-order valence-electron chi connectivity index (χ0n) is 17.7. The summed E-state index contributed by atoms with van der Waals surface area (Å²) < 4.78 is 13.7. The van der Waals surface area contributed by atoms with Gasteiger partial charge in [-0.2, -0.15) is 0 Å². The minimum atomic E-state index is -0.227. The number of nitrogens with zero attached hydrogens (tertiary/aromatic N) is 4. The highest BCUT2D eigenvalue weighted by Crippen LogP contribution is 2.26. The van der Waals surface area contributed by atoms with Crippen LogP contribution in [-0.4, -0.2) is 47.0 Å². The predicted molar refractivity (Wildman–Crippen MR) is 114 cm³/mol. The van der Waals surface area contributed by atoms with Crippen LogP contribution in [0.4, 0.5) is 10.2 Å². The lowest BCUT2D eigenvalue weighted by Crippen LogP contribution is -2.35. The van der Waals surface area contributed by atoms with Crippen molar-refractivity contribution in [2.45, 2.75) is 52.9 Å². The van der Waals surface area contributed by atoms with Gasteiger partial charge in [-0.15, -0.1) is 0 Å². The Morgan fingerprint density at radius 3 is 2.69 bits per heavy atom. The maximum atomic E-state index is 13.7. The lowest BCUT2D eigenvalue weighted by molar-refractivity contribution is -0.131. The first kappa shape index (κ1) is 21.2. The average molecular weight is 399 g/mol. The molecule has 3 rings (SSSR count). The Bertz CT molecular complexity index is 855. The highest BCUT2D eigenvalue weighted by atomic mass is 19.1. The van der Waals surface area contributed by atoms with E-state index in [0.29, 0.717) is 19.4 Å². The van der Waals surface area contributed by atoms with Gasteiger partial charge >= 0.3 is 0 Å². The van der Waals surface area contributed by atoms with Crippen molar-refractivity contribution in [1.82, 2.24) is 14.9 Å². The van der Waals surface area contributed by atoms with Gasteiger partial charge in [0.2, 0.25) is 5.91 Å². The molecule has 1 amide bonds. The summed E-state index contributed by atoms with van der Waals surface area (Å²) in [5.41, 5.74) is 3.00. The Kier molecular flexibility index (Phi) is 7.18. The van der Waals surface area contributed by atoms with Crippen LogP contribution in [0.15, 0.2) is 24.3 Å². The van der Waals surface area contributed by atoms with Crippen LogP contribution in [-0.2, 0) is 17.6 Å². The molecule has 0 unspecified atom stereocenters. The Hall–Kier alpha value is -2.50. The second-order valence-electron chi connectivity index (χ2n) is 7.65. The monoisotopic (exact) mass is 398 g/mol. The Morgan fingerprint density at radius 2 is 1.97 bits per heavy atom. The molecule has 0 spiro atoms. The number of carbonyl (C=O) groups is 1. The van der Waals surface area contributed by atoms with Crippen LogP contribution >= 0.6 is 0 Å². The minimum absolute atomic E-state index is 0.227. The van der Waals surface area contributed by atoms with Gasteiger partial charge in [0.15, 0.2) is 0 Å². The summed E-state index contributed by atoms with van der Waals surface area (Å²) in [6.07, 6.45) is 3.81. The summed E-state index contributed by atoms with van der Waals surface area (Å²) in [7, 11) is 0. The van der Waals surface area contributed by atoms with Gasteiger partial charge in [-0.05, 0) is 43.9 Å². The predicted octanol–water partition coefficient (Wildman–Crippen LogP) is 3.92. The Labute approximate surface area is 173 Å². The number of hydrogen-bond donors (Lipinski definition) is 0. The molecule has 1 aromatic carbocycles. The number of hydrogen-bond acceptors (Lipinski definition) is 4. The van der Waals surface area contributed by atoms with E-state index >= 15 is 0 Å². The van der Waals surface area contributed by atoms with E-state index in [4.69, 9.17) is 4.98 Å². The molecular formula is C23H31FN4O. The molecule has 1 fully saturated rings. The van der Waals surface area contributed by atoms with E-state index in [2.05, 4.69) is 16.8 Å². The third kappa shape index (κ3) is 5.31. The Balaban J connectivity index is 1.89. The molecule has 0 bridgehead atoms. The van der Waals surface area contributed by atoms with Crippen molar-refractivity contribution in [1.29, 1.82) is 0 Å². The zero-order valence-corrected chi connectivity index (χ0v) is 17.7. The molecule has 1 aliphatic heterocycles. The molecule has 0 atom stereocenters. The van der Waals surface area contributed by atoms with Crippen LogP contribution < -0.4 is 4.90 Å². The smallest absolute Gasteiger partial charge is 0.222 e. The molecule has 2 heterocycles. The first-order chi connectivity index (χ1) is 14.0. The van der Waals surface area contributed by atoms with Crippen LogP contribution in [0, 0.1) is 12.7 Å². The van der Waals surface area contributed by atoms with Crippen molar-refractivity contribution in [2.24, 2.45) is 0 Å². The first-order valence-corrected chi connectivity index (χ1v) is 10.6. The van der Waals surface area contributed by atoms with Crippen LogP contribution in [0.25, 0.3) is 0 Å². The lowest BCUT2D eigenvalue weighted by atomic mass is 10.0. The zero-order chi connectivity index (χ0) is 20.8. The molecule has 0 radical (unpaired) electrons.